The third kappa shape index (κ3) is 4.47. The number of para-hydroxylation sites is 1. The molecule has 25 heavy (non-hydrogen) atoms. The Hall–Kier alpha value is -1.72. The van der Waals surface area contributed by atoms with Crippen LogP contribution in [-0.2, 0) is 11.0 Å². The highest BCUT2D eigenvalue weighted by atomic mass is 32.2. The van der Waals surface area contributed by atoms with Gasteiger partial charge in [-0.2, -0.15) is 0 Å². The molecule has 1 heterocycles. The molecule has 4 nitrogen and oxygen atoms in total. The molecule has 0 aliphatic heterocycles. The van der Waals surface area contributed by atoms with Gasteiger partial charge in [0.25, 0.3) is 0 Å². The monoisotopic (exact) mass is 359 g/mol. The van der Waals surface area contributed by atoms with Crippen LogP contribution in [0.15, 0.2) is 36.9 Å². The Balaban J connectivity index is 2.53. The normalized spacial score (nSPS) is 14.3. The molecule has 0 fully saturated rings. The quantitative estimate of drug-likeness (QED) is 0.783. The molecule has 2 aromatic rings. The number of nitrogens with one attached hydrogen (secondary N) is 1. The van der Waals surface area contributed by atoms with Gasteiger partial charge in [0.05, 0.1) is 21.2 Å². The Morgan fingerprint density at radius 3 is 2.68 bits per heavy atom. The maximum atomic E-state index is 12.5. The molecule has 0 spiro atoms. The van der Waals surface area contributed by atoms with Gasteiger partial charge in [-0.1, -0.05) is 24.3 Å². The summed E-state index contributed by atoms with van der Waals surface area (Å²) in [5.74, 6) is 0.896. The van der Waals surface area contributed by atoms with Gasteiger partial charge in [-0.15, -0.1) is 6.58 Å². The number of aryl methyl sites for hydroxylation is 1. The number of anilines is 1. The van der Waals surface area contributed by atoms with Crippen LogP contribution >= 0.6 is 0 Å². The Kier molecular flexibility index (Phi) is 6.01. The summed E-state index contributed by atoms with van der Waals surface area (Å²) in [6, 6.07) is 8.26. The van der Waals surface area contributed by atoms with E-state index in [1.807, 2.05) is 46.9 Å². The zero-order valence-corrected chi connectivity index (χ0v) is 16.9. The van der Waals surface area contributed by atoms with Crippen molar-refractivity contribution in [1.82, 2.24) is 9.71 Å². The van der Waals surface area contributed by atoms with Crippen LogP contribution in [0.4, 0.5) is 5.82 Å². The third-order valence-corrected chi connectivity index (χ3v) is 5.81. The van der Waals surface area contributed by atoms with Gasteiger partial charge < -0.3 is 4.90 Å². The summed E-state index contributed by atoms with van der Waals surface area (Å²) in [6.45, 7) is 14.5. The van der Waals surface area contributed by atoms with Gasteiger partial charge in [0.15, 0.2) is 0 Å². The maximum Gasteiger partial charge on any atom is 0.134 e. The van der Waals surface area contributed by atoms with E-state index in [1.165, 1.54) is 0 Å². The lowest BCUT2D eigenvalue weighted by atomic mass is 10.0. The highest BCUT2D eigenvalue weighted by Crippen LogP contribution is 2.30. The Morgan fingerprint density at radius 2 is 2.08 bits per heavy atom. The molecule has 0 radical (unpaired) electrons. The number of rotatable bonds is 6. The third-order valence-electron chi connectivity index (χ3n) is 4.13. The number of pyridine rings is 1. The van der Waals surface area contributed by atoms with Crippen molar-refractivity contribution in [2.24, 2.45) is 0 Å². The van der Waals surface area contributed by atoms with Gasteiger partial charge in [0.1, 0.15) is 5.82 Å². The maximum absolute atomic E-state index is 12.5. The van der Waals surface area contributed by atoms with Gasteiger partial charge >= 0.3 is 0 Å². The molecule has 0 aliphatic rings. The first kappa shape index (κ1) is 19.6. The minimum Gasteiger partial charge on any atom is -0.356 e. The van der Waals surface area contributed by atoms with Crippen LogP contribution in [0.3, 0.4) is 0 Å². The molecular weight excluding hydrogens is 330 g/mol. The summed E-state index contributed by atoms with van der Waals surface area (Å²) in [7, 11) is 0.857. The van der Waals surface area contributed by atoms with Gasteiger partial charge in [-0.3, -0.25) is 0 Å². The van der Waals surface area contributed by atoms with E-state index in [0.29, 0.717) is 6.54 Å². The van der Waals surface area contributed by atoms with Gasteiger partial charge in [-0.05, 0) is 46.2 Å². The molecule has 5 heteroatoms. The molecule has 1 aromatic heterocycles. The van der Waals surface area contributed by atoms with Crippen LogP contribution in [0.2, 0.25) is 0 Å². The Labute approximate surface area is 153 Å². The second kappa shape index (κ2) is 7.67. The highest BCUT2D eigenvalue weighted by molar-refractivity contribution is 7.84. The predicted molar refractivity (Wildman–Crippen MR) is 109 cm³/mol. The number of fused-ring (bicyclic) bond motifs is 1. The number of nitrogens with zero attached hydrogens (tertiary/aromatic N) is 2. The van der Waals surface area contributed by atoms with Crippen LogP contribution < -0.4 is 9.62 Å². The molecule has 0 saturated carbocycles. The molecule has 0 aliphatic carbocycles. The Bertz CT molecular complexity index is 795. The van der Waals surface area contributed by atoms with Crippen LogP contribution in [-0.4, -0.2) is 27.5 Å². The second-order valence-corrected chi connectivity index (χ2v) is 9.44. The number of likely N-dealkylation sites (N-methyl/N-ethyl adjacent to an activating group) is 1. The van der Waals surface area contributed by atoms with E-state index < -0.39 is 11.0 Å². The first-order valence-electron chi connectivity index (χ1n) is 8.55. The summed E-state index contributed by atoms with van der Waals surface area (Å²) in [5, 5.41) is 1.10. The van der Waals surface area contributed by atoms with Crippen molar-refractivity contribution in [3.63, 3.8) is 0 Å². The number of aromatic nitrogens is 1. The fourth-order valence-corrected chi connectivity index (χ4v) is 3.46. The molecule has 0 amide bonds. The van der Waals surface area contributed by atoms with Crippen molar-refractivity contribution in [1.29, 1.82) is 0 Å². The smallest absolute Gasteiger partial charge is 0.134 e. The van der Waals surface area contributed by atoms with E-state index in [-0.39, 0.29) is 10.8 Å². The van der Waals surface area contributed by atoms with E-state index in [2.05, 4.69) is 41.3 Å². The van der Waals surface area contributed by atoms with E-state index in [0.717, 1.165) is 27.8 Å². The topological polar surface area (TPSA) is 45.2 Å². The van der Waals surface area contributed by atoms with Crippen LogP contribution in [0.5, 0.6) is 0 Å². The lowest BCUT2D eigenvalue weighted by Gasteiger charge is -2.26. The minimum atomic E-state index is -1.15. The van der Waals surface area contributed by atoms with Crippen molar-refractivity contribution < 1.29 is 4.21 Å². The summed E-state index contributed by atoms with van der Waals surface area (Å²) in [4.78, 5) is 7.00. The average Bonchev–Trinajstić information content (AvgIpc) is 2.53. The van der Waals surface area contributed by atoms with Crippen molar-refractivity contribution in [2.75, 3.05) is 18.5 Å². The molecule has 0 bridgehead atoms. The second-order valence-electron chi connectivity index (χ2n) is 7.44. The van der Waals surface area contributed by atoms with Gasteiger partial charge in [0.2, 0.25) is 0 Å². The fourth-order valence-electron chi connectivity index (χ4n) is 2.66. The number of hydrogen-bond donors (Lipinski definition) is 1. The first-order chi connectivity index (χ1) is 11.6. The summed E-state index contributed by atoms with van der Waals surface area (Å²) >= 11 is 0. The Morgan fingerprint density at radius 1 is 1.40 bits per heavy atom. The molecule has 1 N–H and O–H groups in total. The molecular formula is C20H29N3OS. The van der Waals surface area contributed by atoms with Crippen molar-refractivity contribution >= 4 is 27.7 Å². The molecule has 2 unspecified atom stereocenters. The molecule has 2 rings (SSSR count). The lowest BCUT2D eigenvalue weighted by molar-refractivity contribution is 0.615. The predicted octanol–water partition coefficient (Wildman–Crippen LogP) is 4.28. The SMILES string of the molecule is C=CCN(C)c1nc2c(C)cccc2cc1C(C)NS(=O)C(C)(C)C. The highest BCUT2D eigenvalue weighted by Gasteiger charge is 2.24. The van der Waals surface area contributed by atoms with Crippen LogP contribution in [0, 0.1) is 6.92 Å². The average molecular weight is 360 g/mol. The first-order valence-corrected chi connectivity index (χ1v) is 9.70. The standard InChI is InChI=1S/C20H29N3OS/c1-8-12-23(7)19-17(15(3)22-25(24)20(4,5)6)13-16-11-9-10-14(2)18(16)21-19/h8-11,13,15,22H,1,12H2,2-7H3. The van der Waals surface area contributed by atoms with Crippen molar-refractivity contribution in [3.8, 4) is 0 Å². The van der Waals surface area contributed by atoms with E-state index in [9.17, 15) is 4.21 Å². The summed E-state index contributed by atoms with van der Waals surface area (Å²) < 4.78 is 15.4. The zero-order chi connectivity index (χ0) is 18.8. The number of hydrogen-bond acceptors (Lipinski definition) is 3. The molecule has 136 valence electrons. The van der Waals surface area contributed by atoms with Crippen molar-refractivity contribution in [2.45, 2.75) is 45.4 Å². The number of benzene rings is 1. The van der Waals surface area contributed by atoms with E-state index >= 15 is 0 Å². The lowest BCUT2D eigenvalue weighted by Crippen LogP contribution is -2.35. The fraction of sp³-hybridized carbons (Fsp3) is 0.450. The van der Waals surface area contributed by atoms with Crippen LogP contribution in [0.25, 0.3) is 10.9 Å². The van der Waals surface area contributed by atoms with E-state index in [4.69, 9.17) is 4.98 Å². The molecule has 1 aromatic carbocycles. The zero-order valence-electron chi connectivity index (χ0n) is 16.1. The van der Waals surface area contributed by atoms with E-state index in [1.54, 1.807) is 0 Å². The summed E-state index contributed by atoms with van der Waals surface area (Å²) in [5.41, 5.74) is 3.19. The van der Waals surface area contributed by atoms with Gasteiger partial charge in [0, 0.05) is 30.6 Å². The largest absolute Gasteiger partial charge is 0.356 e. The molecule has 0 saturated heterocycles. The van der Waals surface area contributed by atoms with Gasteiger partial charge in [-0.25, -0.2) is 13.9 Å². The van der Waals surface area contributed by atoms with Crippen molar-refractivity contribution in [3.05, 3.63) is 48.0 Å². The van der Waals surface area contributed by atoms with Crippen LogP contribution in [0.1, 0.15) is 44.9 Å². The summed E-state index contributed by atoms with van der Waals surface area (Å²) in [6.07, 6.45) is 1.86. The molecule has 2 atom stereocenters. The minimum absolute atomic E-state index is 0.0836.